The van der Waals surface area contributed by atoms with Crippen molar-refractivity contribution in [2.24, 2.45) is 4.99 Å². The van der Waals surface area contributed by atoms with E-state index in [-0.39, 0.29) is 28.6 Å². The van der Waals surface area contributed by atoms with E-state index in [2.05, 4.69) is 25.6 Å². The SMILES string of the molecule is C/C=C\NC(=NCC)C(=O)N1CC[C@@H](c2nc3c(-c4cn[nH]c4)cnn3c(N)c2S(C)(=O)=O)C[C@@H]1CC. The highest BCUT2D eigenvalue weighted by atomic mass is 32.2. The number of aliphatic imine (C=N–C) groups is 1. The van der Waals surface area contributed by atoms with Crippen LogP contribution in [-0.4, -0.2) is 75.2 Å². The number of hydrogen-bond acceptors (Lipinski definition) is 8. The standard InChI is InChI=1S/C24H33N9O3S/c1-5-9-27-22(26-7-3)24(34)32-10-8-15(11-17(32)6-2)19-20(37(4,35)36)21(25)33-23(31-19)18(14-30-33)16-12-28-29-13-16/h5,9,12-15,17H,6-8,10-11,25H2,1-4H3,(H,26,27)(H,28,29)/b9-5-/t15-,17+/m1/s1. The van der Waals surface area contributed by atoms with Crippen molar-refractivity contribution >= 4 is 33.0 Å². The summed E-state index contributed by atoms with van der Waals surface area (Å²) in [5.41, 5.74) is 8.74. The number of fused-ring (bicyclic) bond motifs is 1. The summed E-state index contributed by atoms with van der Waals surface area (Å²) in [6, 6.07) is -0.120. The lowest BCUT2D eigenvalue weighted by Gasteiger charge is -2.39. The minimum absolute atomic E-state index is 0.00976. The Morgan fingerprint density at radius 1 is 1.35 bits per heavy atom. The fourth-order valence-electron chi connectivity index (χ4n) is 4.86. The maximum Gasteiger partial charge on any atom is 0.289 e. The van der Waals surface area contributed by atoms with E-state index in [1.54, 1.807) is 30.9 Å². The third kappa shape index (κ3) is 5.08. The van der Waals surface area contributed by atoms with Gasteiger partial charge in [0.2, 0.25) is 0 Å². The van der Waals surface area contributed by atoms with Crippen LogP contribution in [0.3, 0.4) is 0 Å². The van der Waals surface area contributed by atoms with Crippen LogP contribution in [0, 0.1) is 0 Å². The fraction of sp³-hybridized carbons (Fsp3) is 0.458. The zero-order valence-electron chi connectivity index (χ0n) is 21.5. The van der Waals surface area contributed by atoms with Crippen LogP contribution in [0.2, 0.25) is 0 Å². The van der Waals surface area contributed by atoms with Crippen LogP contribution in [0.1, 0.15) is 51.6 Å². The molecule has 1 aliphatic heterocycles. The lowest BCUT2D eigenvalue weighted by atomic mass is 9.86. The zero-order chi connectivity index (χ0) is 26.7. The molecule has 3 aromatic rings. The van der Waals surface area contributed by atoms with Crippen molar-refractivity contribution in [1.82, 2.24) is 35.0 Å². The fourth-order valence-corrected chi connectivity index (χ4v) is 5.92. The first kappa shape index (κ1) is 26.3. The Kier molecular flexibility index (Phi) is 7.62. The lowest BCUT2D eigenvalue weighted by Crippen LogP contribution is -2.50. The summed E-state index contributed by atoms with van der Waals surface area (Å²) >= 11 is 0. The normalized spacial score (nSPS) is 19.1. The molecular formula is C24H33N9O3S. The molecule has 0 aromatic carbocycles. The number of piperidine rings is 1. The van der Waals surface area contributed by atoms with E-state index in [0.29, 0.717) is 55.1 Å². The third-order valence-electron chi connectivity index (χ3n) is 6.58. The molecule has 0 saturated carbocycles. The number of carbonyl (C=O) groups is 1. The second-order valence-corrected chi connectivity index (χ2v) is 11.0. The van der Waals surface area contributed by atoms with Gasteiger partial charge in [-0.3, -0.25) is 14.9 Å². The van der Waals surface area contributed by atoms with Gasteiger partial charge < -0.3 is 16.0 Å². The van der Waals surface area contributed by atoms with E-state index in [1.165, 1.54) is 4.52 Å². The molecule has 4 heterocycles. The van der Waals surface area contributed by atoms with Gasteiger partial charge in [0.1, 0.15) is 10.7 Å². The highest BCUT2D eigenvalue weighted by Gasteiger charge is 2.37. The van der Waals surface area contributed by atoms with Crippen molar-refractivity contribution in [1.29, 1.82) is 0 Å². The number of anilines is 1. The molecule has 2 atom stereocenters. The largest absolute Gasteiger partial charge is 0.382 e. The van der Waals surface area contributed by atoms with Gasteiger partial charge in [0.15, 0.2) is 21.3 Å². The molecule has 12 nitrogen and oxygen atoms in total. The third-order valence-corrected chi connectivity index (χ3v) is 7.74. The number of amides is 1. The van der Waals surface area contributed by atoms with Crippen LogP contribution in [0.15, 0.2) is 40.8 Å². The Balaban J connectivity index is 1.75. The van der Waals surface area contributed by atoms with Gasteiger partial charge in [0.25, 0.3) is 5.91 Å². The van der Waals surface area contributed by atoms with Crippen LogP contribution >= 0.6 is 0 Å². The molecular weight excluding hydrogens is 494 g/mol. The number of nitrogens with one attached hydrogen (secondary N) is 2. The zero-order valence-corrected chi connectivity index (χ0v) is 22.3. The second-order valence-electron chi connectivity index (χ2n) is 9.01. The lowest BCUT2D eigenvalue weighted by molar-refractivity contribution is -0.128. The average Bonchev–Trinajstić information content (AvgIpc) is 3.55. The summed E-state index contributed by atoms with van der Waals surface area (Å²) in [5.74, 6) is -0.0680. The van der Waals surface area contributed by atoms with Gasteiger partial charge in [-0.1, -0.05) is 13.0 Å². The minimum atomic E-state index is -3.72. The number of allylic oxidation sites excluding steroid dienone is 1. The Hall–Kier alpha value is -3.74. The van der Waals surface area contributed by atoms with E-state index in [9.17, 15) is 13.2 Å². The van der Waals surface area contributed by atoms with Crippen molar-refractivity contribution in [2.75, 3.05) is 25.1 Å². The van der Waals surface area contributed by atoms with Crippen LogP contribution in [0.5, 0.6) is 0 Å². The highest BCUT2D eigenvalue weighted by molar-refractivity contribution is 7.91. The first-order valence-corrected chi connectivity index (χ1v) is 14.2. The number of likely N-dealkylation sites (tertiary alicyclic amines) is 1. The molecule has 0 radical (unpaired) electrons. The number of amidine groups is 1. The van der Waals surface area contributed by atoms with Gasteiger partial charge in [-0.25, -0.2) is 13.4 Å². The van der Waals surface area contributed by atoms with Crippen LogP contribution in [0.25, 0.3) is 16.8 Å². The quantitative estimate of drug-likeness (QED) is 0.324. The molecule has 1 saturated heterocycles. The molecule has 1 aliphatic rings. The number of sulfone groups is 1. The molecule has 0 aliphatic carbocycles. The number of carbonyl (C=O) groups excluding carboxylic acids is 1. The number of aromatic nitrogens is 5. The van der Waals surface area contributed by atoms with Gasteiger partial charge in [-0.15, -0.1) is 0 Å². The van der Waals surface area contributed by atoms with Crippen molar-refractivity contribution in [3.63, 3.8) is 0 Å². The summed E-state index contributed by atoms with van der Waals surface area (Å²) in [6.07, 6.45) is 11.4. The number of nitrogen functional groups attached to an aromatic ring is 1. The summed E-state index contributed by atoms with van der Waals surface area (Å²) in [5, 5.41) is 14.1. The minimum Gasteiger partial charge on any atom is -0.382 e. The summed E-state index contributed by atoms with van der Waals surface area (Å²) < 4.78 is 27.2. The Bertz CT molecular complexity index is 1440. The van der Waals surface area contributed by atoms with Crippen LogP contribution in [-0.2, 0) is 14.6 Å². The number of hydrogen-bond donors (Lipinski definition) is 3. The van der Waals surface area contributed by atoms with Crippen molar-refractivity contribution in [3.8, 4) is 11.1 Å². The van der Waals surface area contributed by atoms with Gasteiger partial charge in [0, 0.05) is 48.6 Å². The Morgan fingerprint density at radius 3 is 2.76 bits per heavy atom. The van der Waals surface area contributed by atoms with E-state index >= 15 is 0 Å². The maximum atomic E-state index is 13.3. The molecule has 37 heavy (non-hydrogen) atoms. The van der Waals surface area contributed by atoms with E-state index in [4.69, 9.17) is 10.7 Å². The van der Waals surface area contributed by atoms with Crippen molar-refractivity contribution in [3.05, 3.63) is 36.6 Å². The van der Waals surface area contributed by atoms with Gasteiger partial charge in [0.05, 0.1) is 18.1 Å². The van der Waals surface area contributed by atoms with Gasteiger partial charge >= 0.3 is 0 Å². The van der Waals surface area contributed by atoms with Crippen molar-refractivity contribution in [2.45, 2.75) is 56.9 Å². The number of rotatable bonds is 6. The summed E-state index contributed by atoms with van der Waals surface area (Å²) in [7, 11) is -3.72. The molecule has 4 N–H and O–H groups in total. The topological polar surface area (TPSA) is 164 Å². The highest BCUT2D eigenvalue weighted by Crippen LogP contribution is 2.38. The number of nitrogens with zero attached hydrogens (tertiary/aromatic N) is 6. The van der Waals surface area contributed by atoms with Gasteiger partial charge in [-0.2, -0.15) is 14.7 Å². The number of nitrogens with two attached hydrogens (primary N) is 1. The van der Waals surface area contributed by atoms with E-state index in [1.807, 2.05) is 25.7 Å². The molecule has 0 spiro atoms. The molecule has 1 fully saturated rings. The second kappa shape index (κ2) is 10.7. The first-order chi connectivity index (χ1) is 17.7. The first-order valence-electron chi connectivity index (χ1n) is 12.3. The molecule has 0 unspecified atom stereocenters. The molecule has 3 aromatic heterocycles. The summed E-state index contributed by atoms with van der Waals surface area (Å²) in [6.45, 7) is 6.66. The predicted octanol–water partition coefficient (Wildman–Crippen LogP) is 2.13. The van der Waals surface area contributed by atoms with Crippen LogP contribution in [0.4, 0.5) is 5.82 Å². The molecule has 0 bridgehead atoms. The van der Waals surface area contributed by atoms with E-state index in [0.717, 1.165) is 11.8 Å². The molecule has 1 amide bonds. The van der Waals surface area contributed by atoms with Gasteiger partial charge in [-0.05, 0) is 39.3 Å². The number of H-pyrrole nitrogens is 1. The Morgan fingerprint density at radius 2 is 2.14 bits per heavy atom. The molecule has 13 heteroatoms. The van der Waals surface area contributed by atoms with Crippen LogP contribution < -0.4 is 11.1 Å². The maximum absolute atomic E-state index is 13.3. The molecule has 4 rings (SSSR count). The monoisotopic (exact) mass is 527 g/mol. The summed E-state index contributed by atoms with van der Waals surface area (Å²) in [4.78, 5) is 24.3. The van der Waals surface area contributed by atoms with Crippen molar-refractivity contribution < 1.29 is 13.2 Å². The Labute approximate surface area is 216 Å². The number of aromatic amines is 1. The predicted molar refractivity (Wildman–Crippen MR) is 142 cm³/mol. The van der Waals surface area contributed by atoms with E-state index < -0.39 is 9.84 Å². The molecule has 198 valence electrons. The average molecular weight is 528 g/mol. The smallest absolute Gasteiger partial charge is 0.289 e.